The molecular weight excluding hydrogens is 452 g/mol. The highest BCUT2D eigenvalue weighted by molar-refractivity contribution is 5.95. The van der Waals surface area contributed by atoms with Crippen molar-refractivity contribution in [1.82, 2.24) is 10.6 Å². The van der Waals surface area contributed by atoms with Crippen LogP contribution < -0.4 is 10.6 Å². The van der Waals surface area contributed by atoms with Crippen LogP contribution >= 0.6 is 0 Å². The highest BCUT2D eigenvalue weighted by atomic mass is 16.5. The maximum atomic E-state index is 12.3. The van der Waals surface area contributed by atoms with Gasteiger partial charge in [0, 0.05) is 24.5 Å². The SMILES string of the molecule is COC(=O)CC[C@H](NC(=O)/C(C)=C/CNC(=O)OCC1c2ccccc2-c2ccccc21)C(=O)O. The van der Waals surface area contributed by atoms with Crippen LogP contribution in [0.15, 0.2) is 60.2 Å². The molecule has 9 nitrogen and oxygen atoms in total. The van der Waals surface area contributed by atoms with E-state index in [-0.39, 0.29) is 37.5 Å². The van der Waals surface area contributed by atoms with Crippen molar-refractivity contribution in [2.24, 2.45) is 0 Å². The molecule has 0 bridgehead atoms. The first-order valence-corrected chi connectivity index (χ1v) is 11.2. The summed E-state index contributed by atoms with van der Waals surface area (Å²) in [7, 11) is 1.20. The van der Waals surface area contributed by atoms with Gasteiger partial charge in [-0.3, -0.25) is 9.59 Å². The number of fused-ring (bicyclic) bond motifs is 3. The lowest BCUT2D eigenvalue weighted by molar-refractivity contribution is -0.143. The fourth-order valence-electron chi connectivity index (χ4n) is 3.92. The Balaban J connectivity index is 1.49. The van der Waals surface area contributed by atoms with Gasteiger partial charge < -0.3 is 25.2 Å². The minimum atomic E-state index is -1.26. The minimum Gasteiger partial charge on any atom is -0.480 e. The second-order valence-electron chi connectivity index (χ2n) is 8.07. The fraction of sp³-hybridized carbons (Fsp3) is 0.308. The van der Waals surface area contributed by atoms with Crippen molar-refractivity contribution in [3.05, 3.63) is 71.3 Å². The fourth-order valence-corrected chi connectivity index (χ4v) is 3.92. The number of ether oxygens (including phenoxy) is 2. The van der Waals surface area contributed by atoms with E-state index in [0.29, 0.717) is 0 Å². The second kappa shape index (κ2) is 11.8. The quantitative estimate of drug-likeness (QED) is 0.352. The number of aliphatic carboxylic acids is 1. The molecule has 0 aliphatic heterocycles. The molecule has 35 heavy (non-hydrogen) atoms. The van der Waals surface area contributed by atoms with Crippen molar-refractivity contribution >= 4 is 23.9 Å². The van der Waals surface area contributed by atoms with Crippen LogP contribution in [0.4, 0.5) is 4.79 Å². The molecule has 0 saturated carbocycles. The van der Waals surface area contributed by atoms with Crippen LogP contribution in [0.5, 0.6) is 0 Å². The highest BCUT2D eigenvalue weighted by Gasteiger charge is 2.29. The Morgan fingerprint density at radius 1 is 1.03 bits per heavy atom. The Kier molecular flexibility index (Phi) is 8.61. The number of carboxylic acids is 1. The molecule has 2 amide bonds. The Labute approximate surface area is 203 Å². The summed E-state index contributed by atoms with van der Waals surface area (Å²) < 4.78 is 9.93. The highest BCUT2D eigenvalue weighted by Crippen LogP contribution is 2.44. The molecule has 0 saturated heterocycles. The molecule has 3 N–H and O–H groups in total. The number of alkyl carbamates (subject to hydrolysis) is 1. The molecule has 184 valence electrons. The molecule has 0 spiro atoms. The van der Waals surface area contributed by atoms with E-state index in [1.165, 1.54) is 20.1 Å². The van der Waals surface area contributed by atoms with Gasteiger partial charge in [-0.25, -0.2) is 9.59 Å². The minimum absolute atomic E-state index is 0.0236. The van der Waals surface area contributed by atoms with E-state index in [9.17, 15) is 24.3 Å². The number of hydrogen-bond acceptors (Lipinski definition) is 6. The topological polar surface area (TPSA) is 131 Å². The summed E-state index contributed by atoms with van der Waals surface area (Å²) in [5, 5.41) is 14.2. The van der Waals surface area contributed by atoms with Gasteiger partial charge in [-0.15, -0.1) is 0 Å². The van der Waals surface area contributed by atoms with E-state index in [2.05, 4.69) is 27.5 Å². The summed E-state index contributed by atoms with van der Waals surface area (Å²) in [6, 6.07) is 14.8. The number of carbonyl (C=O) groups is 4. The van der Waals surface area contributed by atoms with Gasteiger partial charge >= 0.3 is 18.0 Å². The Hall–Kier alpha value is -4.14. The zero-order valence-electron chi connectivity index (χ0n) is 19.6. The predicted octanol–water partition coefficient (Wildman–Crippen LogP) is 2.99. The normalized spacial score (nSPS) is 13.3. The van der Waals surface area contributed by atoms with Crippen LogP contribution in [0.2, 0.25) is 0 Å². The number of hydrogen-bond donors (Lipinski definition) is 3. The van der Waals surface area contributed by atoms with Crippen molar-refractivity contribution in [3.63, 3.8) is 0 Å². The Morgan fingerprint density at radius 3 is 2.20 bits per heavy atom. The molecule has 1 aliphatic rings. The standard InChI is InChI=1S/C26H28N2O7/c1-16(24(30)28-22(25(31)32)11-12-23(29)34-2)13-14-27-26(33)35-15-21-19-9-5-3-7-17(19)18-8-4-6-10-20(18)21/h3-10,13,21-22H,11-12,14-15H2,1-2H3,(H,27,33)(H,28,30)(H,31,32)/b16-13+/t22-/m0/s1. The van der Waals surface area contributed by atoms with Crippen LogP contribution in [0, 0.1) is 0 Å². The predicted molar refractivity (Wildman–Crippen MR) is 128 cm³/mol. The molecule has 0 aromatic heterocycles. The van der Waals surface area contributed by atoms with Crippen molar-refractivity contribution in [1.29, 1.82) is 0 Å². The van der Waals surface area contributed by atoms with Crippen molar-refractivity contribution in [3.8, 4) is 11.1 Å². The third-order valence-corrected chi connectivity index (χ3v) is 5.82. The average molecular weight is 481 g/mol. The van der Waals surface area contributed by atoms with E-state index < -0.39 is 30.0 Å². The van der Waals surface area contributed by atoms with Gasteiger partial charge in [-0.1, -0.05) is 54.6 Å². The molecule has 1 atom stereocenters. The van der Waals surface area contributed by atoms with Crippen LogP contribution in [0.25, 0.3) is 11.1 Å². The second-order valence-corrected chi connectivity index (χ2v) is 8.07. The first-order chi connectivity index (χ1) is 16.8. The number of methoxy groups -OCH3 is 1. The maximum Gasteiger partial charge on any atom is 0.407 e. The van der Waals surface area contributed by atoms with Crippen LogP contribution in [0.1, 0.15) is 36.8 Å². The van der Waals surface area contributed by atoms with E-state index in [1.54, 1.807) is 0 Å². The summed E-state index contributed by atoms with van der Waals surface area (Å²) in [5.41, 5.74) is 4.69. The van der Waals surface area contributed by atoms with Gasteiger partial charge in [0.2, 0.25) is 5.91 Å². The molecule has 9 heteroatoms. The van der Waals surface area contributed by atoms with Gasteiger partial charge in [0.25, 0.3) is 0 Å². The first kappa shape index (κ1) is 25.5. The van der Waals surface area contributed by atoms with Gasteiger partial charge in [-0.05, 0) is 35.6 Å². The van der Waals surface area contributed by atoms with E-state index in [1.807, 2.05) is 36.4 Å². The average Bonchev–Trinajstić information content (AvgIpc) is 3.18. The summed E-state index contributed by atoms with van der Waals surface area (Å²) in [6.45, 7) is 1.69. The summed E-state index contributed by atoms with van der Waals surface area (Å²) in [5.74, 6) is -2.50. The molecule has 1 aliphatic carbocycles. The smallest absolute Gasteiger partial charge is 0.407 e. The third-order valence-electron chi connectivity index (χ3n) is 5.82. The van der Waals surface area contributed by atoms with Gasteiger partial charge in [0.15, 0.2) is 0 Å². The lowest BCUT2D eigenvalue weighted by Gasteiger charge is -2.15. The van der Waals surface area contributed by atoms with E-state index >= 15 is 0 Å². The number of carboxylic acid groups (broad SMARTS) is 1. The maximum absolute atomic E-state index is 12.3. The molecule has 3 rings (SSSR count). The number of rotatable bonds is 10. The lowest BCUT2D eigenvalue weighted by atomic mass is 9.98. The van der Waals surface area contributed by atoms with Gasteiger partial charge in [-0.2, -0.15) is 0 Å². The summed E-state index contributed by atoms with van der Waals surface area (Å²) >= 11 is 0. The Morgan fingerprint density at radius 2 is 1.63 bits per heavy atom. The molecule has 2 aromatic rings. The Bertz CT molecular complexity index is 1100. The summed E-state index contributed by atoms with van der Waals surface area (Å²) in [6.07, 6.45) is 0.590. The van der Waals surface area contributed by atoms with Crippen LogP contribution in [-0.4, -0.2) is 55.3 Å². The number of nitrogens with one attached hydrogen (secondary N) is 2. The number of esters is 1. The third kappa shape index (κ3) is 6.47. The van der Waals surface area contributed by atoms with Crippen LogP contribution in [-0.2, 0) is 23.9 Å². The molecular formula is C26H28N2O7. The van der Waals surface area contributed by atoms with Crippen molar-refractivity contribution in [2.45, 2.75) is 31.7 Å². The van der Waals surface area contributed by atoms with E-state index in [4.69, 9.17) is 4.74 Å². The molecule has 0 radical (unpaired) electrons. The monoisotopic (exact) mass is 480 g/mol. The van der Waals surface area contributed by atoms with Crippen molar-refractivity contribution < 1.29 is 33.8 Å². The number of amides is 2. The van der Waals surface area contributed by atoms with Crippen LogP contribution in [0.3, 0.4) is 0 Å². The molecule has 2 aromatic carbocycles. The number of carbonyl (C=O) groups excluding carboxylic acids is 3. The first-order valence-electron chi connectivity index (χ1n) is 11.2. The molecule has 0 heterocycles. The van der Waals surface area contributed by atoms with Gasteiger partial charge in [0.05, 0.1) is 7.11 Å². The van der Waals surface area contributed by atoms with Crippen molar-refractivity contribution in [2.75, 3.05) is 20.3 Å². The van der Waals surface area contributed by atoms with Gasteiger partial charge in [0.1, 0.15) is 12.6 Å². The molecule has 0 fully saturated rings. The zero-order chi connectivity index (χ0) is 25.4. The zero-order valence-corrected chi connectivity index (χ0v) is 19.6. The number of benzene rings is 2. The summed E-state index contributed by atoms with van der Waals surface area (Å²) in [4.78, 5) is 47.1. The largest absolute Gasteiger partial charge is 0.480 e. The lowest BCUT2D eigenvalue weighted by Crippen LogP contribution is -2.41. The van der Waals surface area contributed by atoms with E-state index in [0.717, 1.165) is 22.3 Å². The molecule has 0 unspecified atom stereocenters.